The Hall–Kier alpha value is -10.2. The fourth-order valence-corrected chi connectivity index (χ4v) is 17.2. The normalized spacial score (nSPS) is 11.8. The molecule has 2 N–H and O–H groups in total. The first kappa shape index (κ1) is 116. The van der Waals surface area contributed by atoms with Gasteiger partial charge in [-0.05, 0) is 195 Å². The Labute approximate surface area is 850 Å². The van der Waals surface area contributed by atoms with Gasteiger partial charge in [0, 0.05) is 12.5 Å². The van der Waals surface area contributed by atoms with Crippen LogP contribution in [0.4, 0.5) is 4.79 Å². The van der Waals surface area contributed by atoms with Gasteiger partial charge in [-0.2, -0.15) is 0 Å². The van der Waals surface area contributed by atoms with Crippen molar-refractivity contribution in [3.8, 4) is 63.2 Å². The van der Waals surface area contributed by atoms with E-state index in [4.69, 9.17) is 61.6 Å². The molecule has 18 heteroatoms. The minimum atomic E-state index is -1.10. The molecule has 8 aromatic carbocycles. The molecule has 2 unspecified atom stereocenters. The van der Waals surface area contributed by atoms with Gasteiger partial charge in [-0.1, -0.05) is 383 Å². The van der Waals surface area contributed by atoms with Crippen LogP contribution in [0.5, 0.6) is 63.2 Å². The molecule has 0 heterocycles. The zero-order chi connectivity index (χ0) is 99.9. The van der Waals surface area contributed by atoms with Crippen LogP contribution in [-0.2, 0) is 71.7 Å². The third-order valence-corrected chi connectivity index (χ3v) is 25.8. The predicted octanol–water partition coefficient (Wildman–Crippen LogP) is 33.2. The number of rotatable bonds is 83. The van der Waals surface area contributed by atoms with Gasteiger partial charge in [0.1, 0.15) is 104 Å². The molecular weight excluding hydrogens is 1760 g/mol. The summed E-state index contributed by atoms with van der Waals surface area (Å²) in [7, 11) is 1.25. The number of hydrogen-bond acceptors (Lipinski definition) is 16. The lowest BCUT2D eigenvalue weighted by molar-refractivity contribution is -0.144. The van der Waals surface area contributed by atoms with Crippen molar-refractivity contribution in [1.29, 1.82) is 0 Å². The molecule has 0 fully saturated rings. The predicted molar refractivity (Wildman–Crippen MR) is 575 cm³/mol. The quantitative estimate of drug-likeness (QED) is 0.0270. The SMILES string of the molecule is CCCCCCCCCCCCCCOc1ccc(COc2ccc(COc3cc(COc4ccc(CC(NC(=O)OC(C)(C)C)C(=O)NC(C)C(=O)OC)cc4)cc(OCc4ccc(OCc5ccc(OCCCCCCCCCCCCCC)cc5)c(OCc5ccc(OCCCCCCCCCCCCCC)cc5)c4)c3)cc2OCc2ccc(OCCCCCCCCCCCCCC)cc2)cc1. The minimum Gasteiger partial charge on any atom is -0.494 e. The average molecular weight is 1940 g/mol. The van der Waals surface area contributed by atoms with E-state index in [0.717, 1.165) is 87.6 Å². The number of nitrogens with one attached hydrogen (secondary N) is 2. The summed E-state index contributed by atoms with van der Waals surface area (Å²) in [5, 5.41) is 5.36. The van der Waals surface area contributed by atoms with Crippen LogP contribution in [-0.4, -0.2) is 69.2 Å². The van der Waals surface area contributed by atoms with Crippen LogP contribution >= 0.6 is 0 Å². The maximum Gasteiger partial charge on any atom is 0.408 e. The van der Waals surface area contributed by atoms with Gasteiger partial charge in [-0.15, -0.1) is 0 Å². The lowest BCUT2D eigenvalue weighted by Crippen LogP contribution is -2.52. The summed E-state index contributed by atoms with van der Waals surface area (Å²) in [6, 6.07) is 55.6. The van der Waals surface area contributed by atoms with Crippen molar-refractivity contribution in [2.75, 3.05) is 33.5 Å². The van der Waals surface area contributed by atoms with Crippen LogP contribution in [0.3, 0.4) is 0 Å². The molecular formula is C123H180N2O16. The highest BCUT2D eigenvalue weighted by Crippen LogP contribution is 2.36. The first-order valence-corrected chi connectivity index (χ1v) is 55.2. The molecule has 0 saturated heterocycles. The highest BCUT2D eigenvalue weighted by molar-refractivity contribution is 5.89. The molecule has 778 valence electrons. The molecule has 8 rings (SSSR count). The number of alkyl carbamates (subject to hydrolysis) is 1. The zero-order valence-corrected chi connectivity index (χ0v) is 88.4. The smallest absolute Gasteiger partial charge is 0.408 e. The fraction of sp³-hybridized carbons (Fsp3) is 0.585. The number of esters is 1. The van der Waals surface area contributed by atoms with E-state index >= 15 is 0 Å². The van der Waals surface area contributed by atoms with Gasteiger partial charge < -0.3 is 72.2 Å². The van der Waals surface area contributed by atoms with Crippen molar-refractivity contribution in [1.82, 2.24) is 10.6 Å². The molecule has 18 nitrogen and oxygen atoms in total. The molecule has 8 aromatic rings. The maximum absolute atomic E-state index is 13.7. The van der Waals surface area contributed by atoms with Crippen molar-refractivity contribution in [3.63, 3.8) is 0 Å². The molecule has 0 bridgehead atoms. The Balaban J connectivity index is 0.985. The van der Waals surface area contributed by atoms with Crippen molar-refractivity contribution >= 4 is 18.0 Å². The molecule has 2 atom stereocenters. The van der Waals surface area contributed by atoms with E-state index in [-0.39, 0.29) is 39.5 Å². The summed E-state index contributed by atoms with van der Waals surface area (Å²) in [6.07, 6.45) is 61.7. The van der Waals surface area contributed by atoms with Gasteiger partial charge in [0.15, 0.2) is 23.0 Å². The number of benzene rings is 8. The number of carbonyl (C=O) groups is 3. The second-order valence-electron chi connectivity index (χ2n) is 39.7. The van der Waals surface area contributed by atoms with E-state index in [9.17, 15) is 14.4 Å². The Kier molecular flexibility index (Phi) is 60.0. The van der Waals surface area contributed by atoms with Gasteiger partial charge in [0.25, 0.3) is 0 Å². The van der Waals surface area contributed by atoms with E-state index in [0.29, 0.717) is 85.5 Å². The van der Waals surface area contributed by atoms with Crippen LogP contribution < -0.4 is 62.7 Å². The lowest BCUT2D eigenvalue weighted by Gasteiger charge is -2.24. The molecule has 0 aliphatic heterocycles. The summed E-state index contributed by atoms with van der Waals surface area (Å²) in [4.78, 5) is 39.3. The largest absolute Gasteiger partial charge is 0.494 e. The van der Waals surface area contributed by atoms with E-state index in [1.54, 1.807) is 20.8 Å². The molecule has 0 aliphatic rings. The van der Waals surface area contributed by atoms with Crippen molar-refractivity contribution in [3.05, 3.63) is 220 Å². The third kappa shape index (κ3) is 53.1. The number of hydrogen-bond donors (Lipinski definition) is 2. The topological polar surface area (TPSA) is 195 Å². The van der Waals surface area contributed by atoms with Gasteiger partial charge in [0.05, 0.1) is 33.5 Å². The summed E-state index contributed by atoms with van der Waals surface area (Å²) >= 11 is 0. The number of unbranched alkanes of at least 4 members (excludes halogenated alkanes) is 44. The zero-order valence-electron chi connectivity index (χ0n) is 88.4. The molecule has 0 radical (unpaired) electrons. The van der Waals surface area contributed by atoms with Gasteiger partial charge >= 0.3 is 12.1 Å². The standard InChI is InChI=1S/C123H180N2O16/c1-10-14-18-22-26-30-34-38-42-46-50-54-82-130-108-72-60-101(61-73-108)92-137-116-80-68-105(89-118(116)139-94-103-64-76-110(77-65-103)132-84-56-52-48-44-40-36-32-28-24-20-16-12-3)96-135-113-86-107(98-134-112-70-58-100(59-71-112)88-115(125-122(128)141-123(6,7)8)120(126)124-99(5)121(127)129-9)87-114(91-113)136-97-106-69-81-117(138-93-102-62-74-109(75-63-102)131-83-55-51-47-43-39-35-31-27-23-19-15-11-2)119(90-106)140-95-104-66-78-111(79-67-104)133-85-57-53-49-45-41-37-33-29-25-21-17-13-4/h58-81,86-87,89-91,99,115H,10-57,82-85,88,92-98H2,1-9H3,(H,124,126)(H,125,128). The molecule has 0 saturated carbocycles. The average Bonchev–Trinajstić information content (AvgIpc) is 0.848. The Morgan fingerprint density at radius 1 is 0.248 bits per heavy atom. The van der Waals surface area contributed by atoms with Crippen LogP contribution in [0.25, 0.3) is 0 Å². The summed E-state index contributed by atoms with van der Waals surface area (Å²) in [5.41, 5.74) is 6.28. The van der Waals surface area contributed by atoms with Gasteiger partial charge in [-0.25, -0.2) is 9.59 Å². The van der Waals surface area contributed by atoms with Crippen molar-refractivity contribution < 1.29 is 76.0 Å². The Morgan fingerprint density at radius 3 is 0.773 bits per heavy atom. The molecule has 0 aromatic heterocycles. The van der Waals surface area contributed by atoms with Crippen LogP contribution in [0.1, 0.15) is 408 Å². The first-order valence-electron chi connectivity index (χ1n) is 55.2. The Bertz CT molecular complexity index is 4330. The first-order chi connectivity index (χ1) is 69.0. The van der Waals surface area contributed by atoms with Crippen LogP contribution in [0.15, 0.2) is 176 Å². The van der Waals surface area contributed by atoms with Crippen LogP contribution in [0, 0.1) is 0 Å². The number of carbonyl (C=O) groups excluding carboxylic acids is 3. The summed E-state index contributed by atoms with van der Waals surface area (Å²) < 4.78 is 82.3. The highest BCUT2D eigenvalue weighted by Gasteiger charge is 2.28. The molecule has 2 amide bonds. The highest BCUT2D eigenvalue weighted by atomic mass is 16.6. The monoisotopic (exact) mass is 1940 g/mol. The number of methoxy groups -OCH3 is 1. The van der Waals surface area contributed by atoms with E-state index in [2.05, 4.69) is 86.9 Å². The summed E-state index contributed by atoms with van der Waals surface area (Å²) in [6.45, 7) is 20.3. The molecule has 141 heavy (non-hydrogen) atoms. The second kappa shape index (κ2) is 72.9. The summed E-state index contributed by atoms with van der Waals surface area (Å²) in [5.74, 6) is 6.10. The van der Waals surface area contributed by atoms with E-state index in [1.807, 2.05) is 127 Å². The van der Waals surface area contributed by atoms with E-state index < -0.39 is 35.7 Å². The number of ether oxygens (including phenoxy) is 13. The molecule has 0 spiro atoms. The van der Waals surface area contributed by atoms with Crippen LogP contribution in [0.2, 0.25) is 0 Å². The van der Waals surface area contributed by atoms with Crippen molar-refractivity contribution in [2.24, 2.45) is 0 Å². The van der Waals surface area contributed by atoms with Gasteiger partial charge in [-0.3, -0.25) is 4.79 Å². The van der Waals surface area contributed by atoms with Gasteiger partial charge in [0.2, 0.25) is 5.91 Å². The van der Waals surface area contributed by atoms with Crippen molar-refractivity contribution in [2.45, 2.75) is 434 Å². The Morgan fingerprint density at radius 2 is 0.489 bits per heavy atom. The number of amides is 2. The fourth-order valence-electron chi connectivity index (χ4n) is 17.2. The van der Waals surface area contributed by atoms with E-state index in [1.165, 1.54) is 297 Å². The lowest BCUT2D eigenvalue weighted by atomic mass is 10.0. The minimum absolute atomic E-state index is 0.0763. The maximum atomic E-state index is 13.7. The second-order valence-corrected chi connectivity index (χ2v) is 39.7. The molecule has 0 aliphatic carbocycles. The third-order valence-electron chi connectivity index (χ3n) is 25.8.